The third-order valence-electron chi connectivity index (χ3n) is 11.6. The molecule has 0 unspecified atom stereocenters. The number of hydrogen-bond acceptors (Lipinski definition) is 1. The Morgan fingerprint density at radius 1 is 0.385 bits per heavy atom. The van der Waals surface area contributed by atoms with Gasteiger partial charge in [-0.15, -0.1) is 0 Å². The van der Waals surface area contributed by atoms with Crippen molar-refractivity contribution in [2.24, 2.45) is 0 Å². The highest BCUT2D eigenvalue weighted by Crippen LogP contribution is 2.56. The van der Waals surface area contributed by atoms with E-state index in [9.17, 15) is 0 Å². The molecule has 1 aromatic heterocycles. The monoisotopic (exact) mass is 679 g/mol. The minimum absolute atomic E-state index is 0.633. The average Bonchev–Trinajstić information content (AvgIpc) is 3.56. The van der Waals surface area contributed by atoms with Gasteiger partial charge in [-0.1, -0.05) is 164 Å². The van der Waals surface area contributed by atoms with Gasteiger partial charge in [0.1, 0.15) is 11.5 Å². The number of para-hydroxylation sites is 3. The predicted molar refractivity (Wildman–Crippen MR) is 216 cm³/mol. The summed E-state index contributed by atoms with van der Waals surface area (Å²) in [6, 6.07) is 74.2. The summed E-state index contributed by atoms with van der Waals surface area (Å²) in [5.74, 6) is 1.79. The highest BCUT2D eigenvalue weighted by Gasteiger charge is 2.57. The molecule has 9 aromatic rings. The van der Waals surface area contributed by atoms with Gasteiger partial charge in [-0.05, 0) is 68.3 Å². The van der Waals surface area contributed by atoms with Gasteiger partial charge in [0.05, 0.1) is 16.4 Å². The number of hydrogen-bond donors (Lipinski definition) is 0. The van der Waals surface area contributed by atoms with Crippen LogP contribution in [-0.4, -0.2) is 12.6 Å². The second-order valence-electron chi connectivity index (χ2n) is 14.0. The molecule has 0 aliphatic carbocycles. The van der Waals surface area contributed by atoms with Crippen molar-refractivity contribution in [1.82, 2.24) is 4.57 Å². The van der Waals surface area contributed by atoms with Crippen LogP contribution in [-0.2, 0) is 5.41 Å². The number of ether oxygens (including phenoxy) is 1. The molecule has 0 fully saturated rings. The van der Waals surface area contributed by atoms with Gasteiger partial charge in [0.25, 0.3) is 0 Å². The van der Waals surface area contributed by atoms with Crippen molar-refractivity contribution < 1.29 is 4.74 Å². The third-order valence-corrected chi connectivity index (χ3v) is 16.5. The lowest BCUT2D eigenvalue weighted by Crippen LogP contribution is -2.79. The quantitative estimate of drug-likeness (QED) is 0.170. The smallest absolute Gasteiger partial charge is 0.180 e. The first kappa shape index (κ1) is 29.3. The van der Waals surface area contributed by atoms with Gasteiger partial charge in [-0.2, -0.15) is 0 Å². The molecule has 0 saturated heterocycles. The summed E-state index contributed by atoms with van der Waals surface area (Å²) in [6.45, 7) is 0. The van der Waals surface area contributed by atoms with Crippen LogP contribution in [0.25, 0.3) is 27.5 Å². The molecule has 0 atom stereocenters. The SMILES string of the molecule is c1ccc([Si]2(c3ccccc3)c3ccccc3C3(c4ccccc4Oc4ccc(-n5c6ccccc6c6ccccc65)cc43)c3ccccc32)cc1. The Morgan fingerprint density at radius 3 is 1.44 bits per heavy atom. The Morgan fingerprint density at radius 2 is 0.846 bits per heavy atom. The van der Waals surface area contributed by atoms with Crippen LogP contribution in [0.3, 0.4) is 0 Å². The molecule has 0 saturated carbocycles. The van der Waals surface area contributed by atoms with Gasteiger partial charge in [0.15, 0.2) is 8.07 Å². The minimum Gasteiger partial charge on any atom is -0.457 e. The lowest BCUT2D eigenvalue weighted by Gasteiger charge is -2.51. The van der Waals surface area contributed by atoms with Crippen molar-refractivity contribution in [3.05, 3.63) is 222 Å². The van der Waals surface area contributed by atoms with E-state index in [0.717, 1.165) is 22.7 Å². The molecule has 52 heavy (non-hydrogen) atoms. The molecule has 0 N–H and O–H groups in total. The van der Waals surface area contributed by atoms with Crippen molar-refractivity contribution in [3.8, 4) is 17.2 Å². The van der Waals surface area contributed by atoms with Crippen LogP contribution in [0.5, 0.6) is 11.5 Å². The zero-order valence-electron chi connectivity index (χ0n) is 28.4. The van der Waals surface area contributed by atoms with Crippen LogP contribution in [0.2, 0.25) is 0 Å². The van der Waals surface area contributed by atoms with Crippen LogP contribution in [0.4, 0.5) is 0 Å². The van der Waals surface area contributed by atoms with Gasteiger partial charge < -0.3 is 9.30 Å². The van der Waals surface area contributed by atoms with Gasteiger partial charge in [-0.3, -0.25) is 0 Å². The number of nitrogens with zero attached hydrogens (tertiary/aromatic N) is 1. The standard InChI is InChI=1S/C49H33NOSi/c1-3-17-35(18-4-1)52(36-19-5-2-6-20-36)47-29-15-10-24-40(47)49(41-25-11-16-30-48(41)52)39-23-9-14-28-45(39)51-46-32-31-34(33-42(46)49)50-43-26-12-7-21-37(43)38-22-8-13-27-44(38)50/h1-33H. The van der Waals surface area contributed by atoms with E-state index >= 15 is 0 Å². The summed E-state index contributed by atoms with van der Waals surface area (Å²) in [5, 5.41) is 8.10. The second-order valence-corrected chi connectivity index (χ2v) is 17.7. The van der Waals surface area contributed by atoms with E-state index in [2.05, 4.69) is 205 Å². The predicted octanol–water partition coefficient (Wildman–Crippen LogP) is 8.96. The Bertz CT molecular complexity index is 2690. The van der Waals surface area contributed by atoms with Crippen molar-refractivity contribution in [2.45, 2.75) is 5.41 Å². The molecule has 2 aliphatic rings. The Kier molecular flexibility index (Phi) is 6.22. The number of benzene rings is 8. The van der Waals surface area contributed by atoms with Gasteiger partial charge in [-0.25, -0.2) is 0 Å². The van der Waals surface area contributed by atoms with E-state index in [1.165, 1.54) is 59.2 Å². The molecular formula is C49H33NOSi. The Hall–Kier alpha value is -6.42. The Balaban J connectivity index is 1.31. The number of rotatable bonds is 3. The highest BCUT2D eigenvalue weighted by atomic mass is 28.3. The Labute approximate surface area is 303 Å². The van der Waals surface area contributed by atoms with E-state index in [1.807, 2.05) is 0 Å². The summed E-state index contributed by atoms with van der Waals surface area (Å²) < 4.78 is 9.33. The normalized spacial score (nSPS) is 14.6. The summed E-state index contributed by atoms with van der Waals surface area (Å²) in [4.78, 5) is 0. The average molecular weight is 680 g/mol. The molecule has 244 valence electrons. The molecule has 3 heterocycles. The molecule has 3 heteroatoms. The van der Waals surface area contributed by atoms with Gasteiger partial charge >= 0.3 is 0 Å². The molecule has 2 aliphatic heterocycles. The van der Waals surface area contributed by atoms with Crippen molar-refractivity contribution in [1.29, 1.82) is 0 Å². The zero-order chi connectivity index (χ0) is 34.3. The first-order valence-electron chi connectivity index (χ1n) is 18.0. The largest absolute Gasteiger partial charge is 0.457 e. The van der Waals surface area contributed by atoms with Crippen molar-refractivity contribution in [3.63, 3.8) is 0 Å². The molecular weight excluding hydrogens is 647 g/mol. The summed E-state index contributed by atoms with van der Waals surface area (Å²) in [7, 11) is -2.81. The lowest BCUT2D eigenvalue weighted by molar-refractivity contribution is 0.435. The van der Waals surface area contributed by atoms with Gasteiger partial charge in [0.2, 0.25) is 0 Å². The molecule has 0 bridgehead atoms. The van der Waals surface area contributed by atoms with Crippen LogP contribution in [0.15, 0.2) is 200 Å². The van der Waals surface area contributed by atoms with Crippen molar-refractivity contribution >= 4 is 50.6 Å². The van der Waals surface area contributed by atoms with E-state index in [1.54, 1.807) is 0 Å². The molecule has 1 spiro atoms. The van der Waals surface area contributed by atoms with Gasteiger partial charge in [0, 0.05) is 27.6 Å². The van der Waals surface area contributed by atoms with Crippen LogP contribution in [0.1, 0.15) is 22.3 Å². The first-order valence-corrected chi connectivity index (χ1v) is 20.0. The summed E-state index contributed by atoms with van der Waals surface area (Å²) >= 11 is 0. The van der Waals surface area contributed by atoms with Crippen LogP contribution >= 0.6 is 0 Å². The van der Waals surface area contributed by atoms with E-state index in [4.69, 9.17) is 4.74 Å². The van der Waals surface area contributed by atoms with Crippen LogP contribution in [0, 0.1) is 0 Å². The first-order chi connectivity index (χ1) is 25.8. The zero-order valence-corrected chi connectivity index (χ0v) is 29.4. The second kappa shape index (κ2) is 11.0. The lowest BCUT2D eigenvalue weighted by atomic mass is 9.63. The number of fused-ring (bicyclic) bond motifs is 11. The third kappa shape index (κ3) is 3.73. The fraction of sp³-hybridized carbons (Fsp3) is 0.0204. The minimum atomic E-state index is -2.81. The van der Waals surface area contributed by atoms with Crippen LogP contribution < -0.4 is 25.5 Å². The fourth-order valence-corrected chi connectivity index (χ4v) is 15.0. The maximum Gasteiger partial charge on any atom is 0.180 e. The topological polar surface area (TPSA) is 14.2 Å². The molecule has 11 rings (SSSR count). The molecule has 0 amide bonds. The maximum atomic E-state index is 6.91. The summed E-state index contributed by atoms with van der Waals surface area (Å²) in [5.41, 5.74) is 7.85. The fourth-order valence-electron chi connectivity index (χ4n) is 9.68. The molecule has 2 nitrogen and oxygen atoms in total. The van der Waals surface area contributed by atoms with E-state index < -0.39 is 13.5 Å². The molecule has 0 radical (unpaired) electrons. The molecule has 8 aromatic carbocycles. The van der Waals surface area contributed by atoms with Crippen molar-refractivity contribution in [2.75, 3.05) is 0 Å². The van der Waals surface area contributed by atoms with E-state index in [-0.39, 0.29) is 0 Å². The maximum absolute atomic E-state index is 6.91. The summed E-state index contributed by atoms with van der Waals surface area (Å²) in [6.07, 6.45) is 0. The number of aromatic nitrogens is 1. The van der Waals surface area contributed by atoms with E-state index in [0.29, 0.717) is 0 Å². The highest BCUT2D eigenvalue weighted by molar-refractivity contribution is 7.20.